The number of unbranched alkanes of at least 4 members (excludes halogenated alkanes) is 1. The summed E-state index contributed by atoms with van der Waals surface area (Å²) >= 11 is 4.76. The van der Waals surface area contributed by atoms with Gasteiger partial charge in [0.05, 0.1) is 12.2 Å². The molecule has 1 rings (SSSR count). The van der Waals surface area contributed by atoms with Crippen molar-refractivity contribution in [3.63, 3.8) is 0 Å². The monoisotopic (exact) mass is 330 g/mol. The Bertz CT molecular complexity index is 614. The Morgan fingerprint density at radius 3 is 2.48 bits per heavy atom. The number of pyridine rings is 1. The van der Waals surface area contributed by atoms with Gasteiger partial charge in [0, 0.05) is 12.7 Å². The summed E-state index contributed by atoms with van der Waals surface area (Å²) in [6.07, 6.45) is 2.60. The van der Waals surface area contributed by atoms with Gasteiger partial charge < -0.3 is 11.5 Å². The lowest BCUT2D eigenvalue weighted by Gasteiger charge is -2.20. The molecule has 1 aromatic heterocycles. The molecule has 0 saturated carbocycles. The third-order valence-electron chi connectivity index (χ3n) is 2.72. The zero-order valence-corrected chi connectivity index (χ0v) is 13.3. The summed E-state index contributed by atoms with van der Waals surface area (Å²) in [5.74, 6) is -0.706. The molecule has 4 N–H and O–H groups in total. The lowest BCUT2D eigenvalue weighted by Crippen LogP contribution is -2.39. The predicted molar refractivity (Wildman–Crippen MR) is 83.0 cm³/mol. The van der Waals surface area contributed by atoms with Gasteiger partial charge in [0.15, 0.2) is 0 Å². The predicted octanol–water partition coefficient (Wildman–Crippen LogP) is -0.00810. The van der Waals surface area contributed by atoms with Gasteiger partial charge in [0.25, 0.3) is 0 Å². The first-order valence-electron chi connectivity index (χ1n) is 6.33. The fourth-order valence-electron chi connectivity index (χ4n) is 1.62. The van der Waals surface area contributed by atoms with Crippen LogP contribution in [0.5, 0.6) is 0 Å². The molecule has 0 radical (unpaired) electrons. The van der Waals surface area contributed by atoms with Crippen molar-refractivity contribution in [2.24, 2.45) is 11.5 Å². The van der Waals surface area contributed by atoms with E-state index in [1.54, 1.807) is 0 Å². The molecule has 116 valence electrons. The van der Waals surface area contributed by atoms with Crippen LogP contribution in [-0.4, -0.2) is 41.7 Å². The number of carbonyl (C=O) groups excluding carboxylic acids is 1. The van der Waals surface area contributed by atoms with Crippen molar-refractivity contribution in [1.29, 1.82) is 0 Å². The molecule has 1 heterocycles. The molecule has 0 fully saturated rings. The van der Waals surface area contributed by atoms with Crippen LogP contribution in [0.1, 0.15) is 25.5 Å². The van der Waals surface area contributed by atoms with E-state index in [-0.39, 0.29) is 23.0 Å². The third kappa shape index (κ3) is 4.73. The minimum atomic E-state index is -3.82. The Morgan fingerprint density at radius 2 is 2.05 bits per heavy atom. The van der Waals surface area contributed by atoms with Gasteiger partial charge in [-0.25, -0.2) is 8.42 Å². The number of hydrogen-bond donors (Lipinski definition) is 2. The highest BCUT2D eigenvalue weighted by molar-refractivity contribution is 7.89. The number of sulfonamides is 1. The molecule has 0 aliphatic heterocycles. The molecular formula is C12H18N4O3S2. The van der Waals surface area contributed by atoms with Gasteiger partial charge in [-0.2, -0.15) is 4.31 Å². The van der Waals surface area contributed by atoms with Crippen LogP contribution in [0.25, 0.3) is 0 Å². The van der Waals surface area contributed by atoms with Crippen molar-refractivity contribution in [2.75, 3.05) is 13.1 Å². The van der Waals surface area contributed by atoms with E-state index >= 15 is 0 Å². The zero-order valence-electron chi connectivity index (χ0n) is 11.7. The number of rotatable bonds is 8. The Labute approximate surface area is 129 Å². The molecule has 0 aliphatic carbocycles. The van der Waals surface area contributed by atoms with Gasteiger partial charge in [-0.3, -0.25) is 9.78 Å². The standard InChI is InChI=1S/C12H18N4O3S2/c1-2-3-6-16(8-11(13)17)21(18,19)9-4-5-10(12(14)20)15-7-9/h4-5,7H,2-3,6,8H2,1H3,(H2,13,17)(H2,14,20). The molecule has 1 aromatic rings. The SMILES string of the molecule is CCCCN(CC(N)=O)S(=O)(=O)c1ccc(C(N)=S)nc1. The fourth-order valence-corrected chi connectivity index (χ4v) is 3.13. The summed E-state index contributed by atoms with van der Waals surface area (Å²) in [6, 6.07) is 2.79. The van der Waals surface area contributed by atoms with Crippen molar-refractivity contribution < 1.29 is 13.2 Å². The highest BCUT2D eigenvalue weighted by Gasteiger charge is 2.25. The summed E-state index contributed by atoms with van der Waals surface area (Å²) in [4.78, 5) is 15.0. The maximum Gasteiger partial charge on any atom is 0.245 e. The van der Waals surface area contributed by atoms with E-state index in [0.29, 0.717) is 12.1 Å². The molecule has 0 bridgehead atoms. The summed E-state index contributed by atoms with van der Waals surface area (Å²) in [7, 11) is -3.82. The largest absolute Gasteiger partial charge is 0.388 e. The molecule has 7 nitrogen and oxygen atoms in total. The second-order valence-corrected chi connectivity index (χ2v) is 6.78. The number of amides is 1. The number of thiocarbonyl (C=S) groups is 1. The highest BCUT2D eigenvalue weighted by Crippen LogP contribution is 2.15. The number of nitrogens with zero attached hydrogens (tertiary/aromatic N) is 2. The van der Waals surface area contributed by atoms with Crippen LogP contribution in [-0.2, 0) is 14.8 Å². The highest BCUT2D eigenvalue weighted by atomic mass is 32.2. The lowest BCUT2D eigenvalue weighted by molar-refractivity contribution is -0.118. The van der Waals surface area contributed by atoms with Crippen molar-refractivity contribution in [2.45, 2.75) is 24.7 Å². The summed E-state index contributed by atoms with van der Waals surface area (Å²) < 4.78 is 26.0. The van der Waals surface area contributed by atoms with Crippen molar-refractivity contribution >= 4 is 33.1 Å². The topological polar surface area (TPSA) is 119 Å². The van der Waals surface area contributed by atoms with Crippen LogP contribution in [0.2, 0.25) is 0 Å². The second-order valence-electron chi connectivity index (χ2n) is 4.40. The lowest BCUT2D eigenvalue weighted by atomic mass is 10.3. The van der Waals surface area contributed by atoms with E-state index in [0.717, 1.165) is 10.7 Å². The van der Waals surface area contributed by atoms with E-state index in [2.05, 4.69) is 4.98 Å². The van der Waals surface area contributed by atoms with Gasteiger partial charge in [0.1, 0.15) is 9.88 Å². The van der Waals surface area contributed by atoms with Gasteiger partial charge >= 0.3 is 0 Å². The van der Waals surface area contributed by atoms with Crippen LogP contribution in [0.4, 0.5) is 0 Å². The number of primary amides is 1. The molecule has 0 aliphatic rings. The zero-order chi connectivity index (χ0) is 16.0. The molecule has 0 atom stereocenters. The smallest absolute Gasteiger partial charge is 0.245 e. The van der Waals surface area contributed by atoms with Crippen LogP contribution in [0, 0.1) is 0 Å². The van der Waals surface area contributed by atoms with Crippen LogP contribution < -0.4 is 11.5 Å². The Morgan fingerprint density at radius 1 is 1.38 bits per heavy atom. The van der Waals surface area contributed by atoms with Gasteiger partial charge in [-0.15, -0.1) is 0 Å². The number of hydrogen-bond acceptors (Lipinski definition) is 5. The molecular weight excluding hydrogens is 312 g/mol. The normalized spacial score (nSPS) is 11.5. The first-order chi connectivity index (χ1) is 9.78. The van der Waals surface area contributed by atoms with Crippen LogP contribution >= 0.6 is 12.2 Å². The average molecular weight is 330 g/mol. The van der Waals surface area contributed by atoms with Crippen LogP contribution in [0.3, 0.4) is 0 Å². The Hall–Kier alpha value is -1.58. The summed E-state index contributed by atoms with van der Waals surface area (Å²) in [5.41, 5.74) is 10.9. The van der Waals surface area contributed by atoms with E-state index in [1.165, 1.54) is 18.3 Å². The minimum Gasteiger partial charge on any atom is -0.388 e. The number of aromatic nitrogens is 1. The molecule has 9 heteroatoms. The van der Waals surface area contributed by atoms with E-state index < -0.39 is 15.9 Å². The first kappa shape index (κ1) is 17.5. The second kappa shape index (κ2) is 7.43. The quantitative estimate of drug-likeness (QED) is 0.647. The van der Waals surface area contributed by atoms with Crippen molar-refractivity contribution in [3.8, 4) is 0 Å². The van der Waals surface area contributed by atoms with Gasteiger partial charge in [-0.05, 0) is 18.6 Å². The average Bonchev–Trinajstić information content (AvgIpc) is 2.43. The number of nitrogens with two attached hydrogens (primary N) is 2. The Balaban J connectivity index is 3.08. The van der Waals surface area contributed by atoms with E-state index in [4.69, 9.17) is 23.7 Å². The molecule has 0 unspecified atom stereocenters. The van der Waals surface area contributed by atoms with Gasteiger partial charge in [0.2, 0.25) is 15.9 Å². The number of carbonyl (C=O) groups is 1. The van der Waals surface area contributed by atoms with Crippen molar-refractivity contribution in [3.05, 3.63) is 24.0 Å². The molecule has 1 amide bonds. The van der Waals surface area contributed by atoms with E-state index in [9.17, 15) is 13.2 Å². The molecule has 0 saturated heterocycles. The maximum absolute atomic E-state index is 12.5. The summed E-state index contributed by atoms with van der Waals surface area (Å²) in [5, 5.41) is 0. The summed E-state index contributed by atoms with van der Waals surface area (Å²) in [6.45, 7) is 1.78. The molecule has 21 heavy (non-hydrogen) atoms. The Kier molecular flexibility index (Phi) is 6.19. The maximum atomic E-state index is 12.5. The minimum absolute atomic E-state index is 0.0279. The fraction of sp³-hybridized carbons (Fsp3) is 0.417. The first-order valence-corrected chi connectivity index (χ1v) is 8.18. The molecule has 0 spiro atoms. The van der Waals surface area contributed by atoms with E-state index in [1.807, 2.05) is 6.92 Å². The van der Waals surface area contributed by atoms with Gasteiger partial charge in [-0.1, -0.05) is 25.6 Å². The third-order valence-corrected chi connectivity index (χ3v) is 4.76. The molecule has 0 aromatic carbocycles. The van der Waals surface area contributed by atoms with Crippen LogP contribution in [0.15, 0.2) is 23.2 Å². The van der Waals surface area contributed by atoms with Crippen molar-refractivity contribution in [1.82, 2.24) is 9.29 Å².